The first-order valence-electron chi connectivity index (χ1n) is 12.8. The summed E-state index contributed by atoms with van der Waals surface area (Å²) in [7, 11) is 0. The molecule has 0 radical (unpaired) electrons. The predicted molar refractivity (Wildman–Crippen MR) is 144 cm³/mol. The van der Waals surface area contributed by atoms with Crippen LogP contribution < -0.4 is 10.3 Å². The van der Waals surface area contributed by atoms with Gasteiger partial charge >= 0.3 is 0 Å². The van der Waals surface area contributed by atoms with Crippen molar-refractivity contribution in [3.05, 3.63) is 110 Å². The van der Waals surface area contributed by atoms with Crippen LogP contribution >= 0.6 is 0 Å². The molecule has 1 spiro atoms. The summed E-state index contributed by atoms with van der Waals surface area (Å²) >= 11 is 0. The molecular formula is C31H28N2O5. The summed E-state index contributed by atoms with van der Waals surface area (Å²) in [6.07, 6.45) is 0.251. The molecule has 7 nitrogen and oxygen atoms in total. The van der Waals surface area contributed by atoms with Crippen LogP contribution in [-0.4, -0.2) is 35.0 Å². The standard InChI is InChI=1S/C31H28N2O5/c1-18-9-11-21(12-10-18)17-32-24-8-5-4-7-23(24)31(30(32)37)26-27(35)22-15-19(2)20(3)16-25(22)38-28(26)29(36)33(31)13-6-14-34/h4-5,7-12,15-16,34H,6,13-14,17H2,1-3H3. The Labute approximate surface area is 219 Å². The number of hydrogen-bond donors (Lipinski definition) is 1. The molecule has 1 N–H and O–H groups in total. The van der Waals surface area contributed by atoms with Crippen molar-refractivity contribution in [2.75, 3.05) is 18.1 Å². The van der Waals surface area contributed by atoms with Crippen LogP contribution in [-0.2, 0) is 16.9 Å². The molecule has 2 aliphatic rings. The Balaban J connectivity index is 1.64. The number of hydrogen-bond acceptors (Lipinski definition) is 5. The zero-order valence-corrected chi connectivity index (χ0v) is 21.6. The zero-order chi connectivity index (χ0) is 26.8. The summed E-state index contributed by atoms with van der Waals surface area (Å²) in [4.78, 5) is 45.8. The Morgan fingerprint density at radius 1 is 0.921 bits per heavy atom. The second-order valence-electron chi connectivity index (χ2n) is 10.2. The van der Waals surface area contributed by atoms with Gasteiger partial charge in [0.2, 0.25) is 5.76 Å². The van der Waals surface area contributed by atoms with E-state index in [1.54, 1.807) is 23.1 Å². The maximum atomic E-state index is 14.6. The van der Waals surface area contributed by atoms with Crippen LogP contribution in [0.25, 0.3) is 11.0 Å². The van der Waals surface area contributed by atoms with Gasteiger partial charge in [0.05, 0.1) is 23.2 Å². The number of para-hydroxylation sites is 1. The van der Waals surface area contributed by atoms with Gasteiger partial charge in [-0.05, 0) is 62.1 Å². The fourth-order valence-electron chi connectivity index (χ4n) is 5.81. The van der Waals surface area contributed by atoms with E-state index in [9.17, 15) is 19.5 Å². The largest absolute Gasteiger partial charge is 0.450 e. The number of benzene rings is 3. The van der Waals surface area contributed by atoms with Crippen molar-refractivity contribution >= 4 is 28.5 Å². The molecule has 1 atom stereocenters. The topological polar surface area (TPSA) is 91.1 Å². The highest BCUT2D eigenvalue weighted by Crippen LogP contribution is 2.53. The summed E-state index contributed by atoms with van der Waals surface area (Å²) in [6, 6.07) is 18.8. The molecule has 38 heavy (non-hydrogen) atoms. The lowest BCUT2D eigenvalue weighted by molar-refractivity contribution is -0.126. The summed E-state index contributed by atoms with van der Waals surface area (Å²) in [5, 5.41) is 9.98. The van der Waals surface area contributed by atoms with E-state index in [0.29, 0.717) is 22.2 Å². The van der Waals surface area contributed by atoms with Crippen LogP contribution in [0.2, 0.25) is 0 Å². The molecule has 0 saturated heterocycles. The number of anilines is 1. The number of carbonyl (C=O) groups excluding carboxylic acids is 2. The maximum absolute atomic E-state index is 14.6. The molecule has 1 unspecified atom stereocenters. The maximum Gasteiger partial charge on any atom is 0.291 e. The molecule has 1 aromatic heterocycles. The van der Waals surface area contributed by atoms with Gasteiger partial charge < -0.3 is 19.3 Å². The summed E-state index contributed by atoms with van der Waals surface area (Å²) in [5.74, 6) is -1.00. The molecule has 6 rings (SSSR count). The van der Waals surface area contributed by atoms with Gasteiger partial charge in [-0.3, -0.25) is 14.4 Å². The fraction of sp³-hybridized carbons (Fsp3) is 0.258. The number of aliphatic hydroxyl groups is 1. The van der Waals surface area contributed by atoms with Crippen molar-refractivity contribution in [2.24, 2.45) is 0 Å². The number of rotatable bonds is 5. The molecule has 2 amide bonds. The lowest BCUT2D eigenvalue weighted by Crippen LogP contribution is -2.53. The molecule has 0 aliphatic carbocycles. The molecule has 0 saturated carbocycles. The predicted octanol–water partition coefficient (Wildman–Crippen LogP) is 4.35. The Kier molecular flexibility index (Phi) is 5.50. The molecule has 3 aromatic carbocycles. The van der Waals surface area contributed by atoms with Crippen LogP contribution in [0.3, 0.4) is 0 Å². The van der Waals surface area contributed by atoms with E-state index in [0.717, 1.165) is 22.3 Å². The average molecular weight is 509 g/mol. The van der Waals surface area contributed by atoms with Crippen molar-refractivity contribution in [3.8, 4) is 0 Å². The number of carbonyl (C=O) groups is 2. The van der Waals surface area contributed by atoms with Gasteiger partial charge in [0.15, 0.2) is 11.0 Å². The Hall–Kier alpha value is -4.23. The van der Waals surface area contributed by atoms with E-state index in [-0.39, 0.29) is 48.8 Å². The van der Waals surface area contributed by atoms with Crippen LogP contribution in [0.15, 0.2) is 69.9 Å². The quantitative estimate of drug-likeness (QED) is 0.433. The Morgan fingerprint density at radius 2 is 1.63 bits per heavy atom. The number of fused-ring (bicyclic) bond motifs is 5. The second-order valence-corrected chi connectivity index (χ2v) is 10.2. The number of nitrogens with zero attached hydrogens (tertiary/aromatic N) is 2. The van der Waals surface area contributed by atoms with Gasteiger partial charge in [-0.2, -0.15) is 0 Å². The highest BCUT2D eigenvalue weighted by Gasteiger charge is 2.64. The van der Waals surface area contributed by atoms with Crippen LogP contribution in [0.1, 0.15) is 50.4 Å². The van der Waals surface area contributed by atoms with Crippen molar-refractivity contribution in [1.29, 1.82) is 0 Å². The van der Waals surface area contributed by atoms with Gasteiger partial charge in [0, 0.05) is 18.7 Å². The molecule has 2 aliphatic heterocycles. The lowest BCUT2D eigenvalue weighted by Gasteiger charge is -2.34. The number of amides is 2. The first-order chi connectivity index (χ1) is 18.3. The Morgan fingerprint density at radius 3 is 2.37 bits per heavy atom. The first-order valence-corrected chi connectivity index (χ1v) is 12.8. The highest BCUT2D eigenvalue weighted by atomic mass is 16.3. The van der Waals surface area contributed by atoms with Crippen molar-refractivity contribution < 1.29 is 19.1 Å². The van der Waals surface area contributed by atoms with E-state index < -0.39 is 11.4 Å². The summed E-state index contributed by atoms with van der Waals surface area (Å²) in [6.45, 7) is 6.04. The number of aryl methyl sites for hydroxylation is 3. The van der Waals surface area contributed by atoms with Crippen LogP contribution in [0.5, 0.6) is 0 Å². The third-order valence-corrected chi connectivity index (χ3v) is 7.85. The van der Waals surface area contributed by atoms with Gasteiger partial charge in [-0.25, -0.2) is 0 Å². The molecule has 3 heterocycles. The van der Waals surface area contributed by atoms with E-state index in [2.05, 4.69) is 0 Å². The highest BCUT2D eigenvalue weighted by molar-refractivity contribution is 6.17. The monoisotopic (exact) mass is 508 g/mol. The molecule has 0 fully saturated rings. The summed E-state index contributed by atoms with van der Waals surface area (Å²) in [5.41, 5.74) is 3.42. The minimum atomic E-state index is -1.67. The fourth-order valence-corrected chi connectivity index (χ4v) is 5.81. The molecular weight excluding hydrogens is 480 g/mol. The summed E-state index contributed by atoms with van der Waals surface area (Å²) < 4.78 is 6.14. The normalized spacial score (nSPS) is 18.1. The van der Waals surface area contributed by atoms with Crippen molar-refractivity contribution in [3.63, 3.8) is 0 Å². The minimum absolute atomic E-state index is 0.0556. The van der Waals surface area contributed by atoms with Crippen molar-refractivity contribution in [1.82, 2.24) is 4.90 Å². The van der Waals surface area contributed by atoms with Crippen molar-refractivity contribution in [2.45, 2.75) is 39.3 Å². The third-order valence-electron chi connectivity index (χ3n) is 7.85. The van der Waals surface area contributed by atoms with E-state index in [1.807, 2.05) is 63.2 Å². The van der Waals surface area contributed by atoms with Gasteiger partial charge in [0.25, 0.3) is 11.8 Å². The van der Waals surface area contributed by atoms with Crippen LogP contribution in [0.4, 0.5) is 5.69 Å². The van der Waals surface area contributed by atoms with E-state index in [4.69, 9.17) is 4.42 Å². The van der Waals surface area contributed by atoms with E-state index in [1.165, 1.54) is 4.90 Å². The molecule has 4 aromatic rings. The minimum Gasteiger partial charge on any atom is -0.450 e. The van der Waals surface area contributed by atoms with Gasteiger partial charge in [-0.15, -0.1) is 0 Å². The SMILES string of the molecule is Cc1ccc(CN2C(=O)C3(c4ccccc42)c2c(oc4cc(C)c(C)cc4c2=O)C(=O)N3CCCO)cc1. The molecule has 7 heteroatoms. The van der Waals surface area contributed by atoms with E-state index >= 15 is 0 Å². The van der Waals surface area contributed by atoms with Gasteiger partial charge in [-0.1, -0.05) is 48.0 Å². The zero-order valence-electron chi connectivity index (χ0n) is 21.6. The smallest absolute Gasteiger partial charge is 0.291 e. The first kappa shape index (κ1) is 24.1. The number of aliphatic hydroxyl groups excluding tert-OH is 1. The Bertz CT molecular complexity index is 1690. The average Bonchev–Trinajstić information content (AvgIpc) is 3.30. The molecule has 0 bridgehead atoms. The lowest BCUT2D eigenvalue weighted by atomic mass is 9.83. The third kappa shape index (κ3) is 3.21. The second kappa shape index (κ2) is 8.67. The van der Waals surface area contributed by atoms with Crippen LogP contribution in [0, 0.1) is 20.8 Å². The van der Waals surface area contributed by atoms with Gasteiger partial charge in [0.1, 0.15) is 5.58 Å². The molecule has 192 valence electrons.